The molecule has 10 atom stereocenters. The van der Waals surface area contributed by atoms with E-state index in [9.17, 15) is 36.9 Å². The molecule has 2 aromatic rings. The van der Waals surface area contributed by atoms with Crippen molar-refractivity contribution in [3.05, 3.63) is 56.5 Å². The van der Waals surface area contributed by atoms with Crippen molar-refractivity contribution in [2.45, 2.75) is 127 Å². The maximum absolute atomic E-state index is 11.6. The minimum absolute atomic E-state index is 0.0181. The maximum Gasteiger partial charge on any atom is 0.762 e. The molecule has 0 aromatic heterocycles. The maximum atomic E-state index is 11.6. The molecule has 10 unspecified atom stereocenters. The molecule has 2 aliphatic heterocycles. The third-order valence-electron chi connectivity index (χ3n) is 9.76. The summed E-state index contributed by atoms with van der Waals surface area (Å²) in [6.45, 7) is 23.9. The standard InChI is InChI=1S/C19H25BrO6.C14H22O7.C7H7BrO.C4H10O.CH2Cl2.BF3/c1-10-8-15(20)6-7-16(10)25-19-18(24-14(5)22)12(3)11(2)17(26-19)9-23-13(4)21;1-7-8(2)13(19-10(4)16)14(20-11(5)17)21-12(7)6-18-9(3)15;1-5-4-6(8)2-3-7(5)9;1-3-5-4-2;2-1-3;2-1(3)4/h6-8,11-12,17-19H,9H2,1-5H3;7-8,12-14H,6H2,1-5H3;2-4,9H,1H3;3-4H2,1-2H3;1H2;. The molecule has 2 aliphatic rings. The highest BCUT2D eigenvalue weighted by Gasteiger charge is 2.46. The van der Waals surface area contributed by atoms with Crippen molar-refractivity contribution in [2.75, 3.05) is 31.8 Å². The molecule has 0 bridgehead atoms. The number of aryl methyl sites for hydroxylation is 2. The van der Waals surface area contributed by atoms with E-state index in [4.69, 9.17) is 70.9 Å². The number of carbonyl (C=O) groups excluding carboxylic acids is 5. The zero-order chi connectivity index (χ0) is 52.8. The highest BCUT2D eigenvalue weighted by molar-refractivity contribution is 9.10. The van der Waals surface area contributed by atoms with Crippen LogP contribution in [0.25, 0.3) is 0 Å². The molecule has 2 aromatic carbocycles. The van der Waals surface area contributed by atoms with E-state index in [-0.39, 0.29) is 54.3 Å². The summed E-state index contributed by atoms with van der Waals surface area (Å²) >= 11 is 16.2. The first kappa shape index (κ1) is 66.7. The molecule has 2 fully saturated rings. The lowest BCUT2D eigenvalue weighted by Gasteiger charge is -2.43. The van der Waals surface area contributed by atoms with Crippen molar-refractivity contribution >= 4 is 92.5 Å². The number of ether oxygens (including phenoxy) is 9. The molecule has 0 radical (unpaired) electrons. The van der Waals surface area contributed by atoms with E-state index >= 15 is 0 Å². The van der Waals surface area contributed by atoms with Crippen molar-refractivity contribution in [3.63, 3.8) is 0 Å². The molecule has 0 spiro atoms. The van der Waals surface area contributed by atoms with Gasteiger partial charge in [0, 0.05) is 68.6 Å². The number of benzene rings is 2. The van der Waals surface area contributed by atoms with Gasteiger partial charge in [-0.05, 0) is 87.1 Å². The molecule has 2 heterocycles. The van der Waals surface area contributed by atoms with Gasteiger partial charge in [0.05, 0.1) is 17.5 Å². The van der Waals surface area contributed by atoms with Gasteiger partial charge in [-0.15, -0.1) is 23.2 Å². The normalized spacial score (nSPS) is 23.3. The van der Waals surface area contributed by atoms with Gasteiger partial charge in [-0.25, -0.2) is 0 Å². The molecular weight excluding hydrogens is 1080 g/mol. The molecule has 388 valence electrons. The minimum Gasteiger partial charge on any atom is -0.508 e. The second-order valence-electron chi connectivity index (χ2n) is 15.0. The quantitative estimate of drug-likeness (QED) is 0.0968. The lowest BCUT2D eigenvalue weighted by molar-refractivity contribution is -0.271. The van der Waals surface area contributed by atoms with E-state index in [0.717, 1.165) is 33.3 Å². The number of halogens is 7. The van der Waals surface area contributed by atoms with Crippen LogP contribution in [0.5, 0.6) is 11.5 Å². The van der Waals surface area contributed by atoms with E-state index < -0.39 is 62.3 Å². The van der Waals surface area contributed by atoms with Gasteiger partial charge in [0.2, 0.25) is 12.6 Å². The Hall–Kier alpha value is -3.34. The van der Waals surface area contributed by atoms with Crippen molar-refractivity contribution in [2.24, 2.45) is 23.7 Å². The predicted molar refractivity (Wildman–Crippen MR) is 258 cm³/mol. The van der Waals surface area contributed by atoms with Crippen LogP contribution in [0.3, 0.4) is 0 Å². The van der Waals surface area contributed by atoms with Gasteiger partial charge in [-0.1, -0.05) is 59.6 Å². The number of esters is 5. The van der Waals surface area contributed by atoms with Gasteiger partial charge in [-0.2, -0.15) is 0 Å². The molecule has 0 saturated carbocycles. The zero-order valence-corrected chi connectivity index (χ0v) is 45.3. The number of rotatable bonds is 11. The van der Waals surface area contributed by atoms with Crippen LogP contribution in [0.2, 0.25) is 0 Å². The lowest BCUT2D eigenvalue weighted by Crippen LogP contribution is -2.54. The third-order valence-corrected chi connectivity index (χ3v) is 10.7. The Morgan fingerprint density at radius 3 is 1.32 bits per heavy atom. The molecule has 15 nitrogen and oxygen atoms in total. The number of hydrogen-bond acceptors (Lipinski definition) is 15. The van der Waals surface area contributed by atoms with Crippen LogP contribution in [0.1, 0.15) is 87.3 Å². The predicted octanol–water partition coefficient (Wildman–Crippen LogP) is 10.5. The molecule has 0 amide bonds. The van der Waals surface area contributed by atoms with Gasteiger partial charge < -0.3 is 47.7 Å². The van der Waals surface area contributed by atoms with Crippen molar-refractivity contribution < 1.29 is 84.7 Å². The Morgan fingerprint density at radius 2 is 1.00 bits per heavy atom. The average Bonchev–Trinajstić information content (AvgIpc) is 3.22. The van der Waals surface area contributed by atoms with Crippen LogP contribution in [0.4, 0.5) is 12.9 Å². The molecule has 68 heavy (non-hydrogen) atoms. The number of aromatic hydroxyl groups is 1. The fourth-order valence-electron chi connectivity index (χ4n) is 6.06. The van der Waals surface area contributed by atoms with E-state index in [1.165, 1.54) is 34.6 Å². The first-order valence-corrected chi connectivity index (χ1v) is 23.9. The van der Waals surface area contributed by atoms with Crippen LogP contribution in [0, 0.1) is 37.5 Å². The van der Waals surface area contributed by atoms with Crippen molar-refractivity contribution in [3.8, 4) is 11.5 Å². The summed E-state index contributed by atoms with van der Waals surface area (Å²) in [4.78, 5) is 56.0. The lowest BCUT2D eigenvalue weighted by atomic mass is 9.83. The van der Waals surface area contributed by atoms with E-state index in [0.29, 0.717) is 11.5 Å². The number of carbonyl (C=O) groups is 5. The van der Waals surface area contributed by atoms with Crippen LogP contribution in [-0.4, -0.2) is 111 Å². The Morgan fingerprint density at radius 1 is 0.632 bits per heavy atom. The summed E-state index contributed by atoms with van der Waals surface area (Å²) in [5.41, 5.74) is 1.82. The monoisotopic (exact) mass is 1140 g/mol. The summed E-state index contributed by atoms with van der Waals surface area (Å²) in [6, 6.07) is 11.0. The topological polar surface area (TPSA) is 189 Å². The van der Waals surface area contributed by atoms with Gasteiger partial charge in [0.1, 0.15) is 24.7 Å². The van der Waals surface area contributed by atoms with Crippen LogP contribution in [0.15, 0.2) is 45.3 Å². The fraction of sp³-hybridized carbons (Fsp3) is 0.622. The molecular formula is C45H66BBr2Cl2F3O15. The Kier molecular flexibility index (Phi) is 35.9. The fourth-order valence-corrected chi connectivity index (χ4v) is 7.01. The average molecular weight is 1150 g/mol. The Balaban J connectivity index is 0. The summed E-state index contributed by atoms with van der Waals surface area (Å²) in [6.07, 6.45) is -3.81. The van der Waals surface area contributed by atoms with Crippen LogP contribution < -0.4 is 4.74 Å². The van der Waals surface area contributed by atoms with Crippen molar-refractivity contribution in [1.82, 2.24) is 0 Å². The summed E-state index contributed by atoms with van der Waals surface area (Å²) in [5, 5.41) is 9.22. The molecule has 4 rings (SSSR count). The van der Waals surface area contributed by atoms with E-state index in [1.807, 2.05) is 85.7 Å². The number of phenolic OH excluding ortho intramolecular Hbond substituents is 1. The van der Waals surface area contributed by atoms with Gasteiger partial charge in [-0.3, -0.25) is 36.9 Å². The smallest absolute Gasteiger partial charge is 0.508 e. The van der Waals surface area contributed by atoms with Crippen LogP contribution >= 0.6 is 55.1 Å². The highest BCUT2D eigenvalue weighted by Crippen LogP contribution is 2.36. The number of phenols is 1. The van der Waals surface area contributed by atoms with Crippen molar-refractivity contribution in [1.29, 1.82) is 0 Å². The number of hydrogen-bond donors (Lipinski definition) is 1. The number of alkyl halides is 2. The van der Waals surface area contributed by atoms with Crippen LogP contribution in [-0.2, 0) is 61.9 Å². The molecule has 2 saturated heterocycles. The second kappa shape index (κ2) is 36.6. The molecule has 0 aliphatic carbocycles. The SMILES string of the molecule is CC(=O)OCC1OC(OC(C)=O)C(OC(C)=O)C(C)C1C.CC(=O)OCC1OC(Oc2ccc(Br)cc2C)C(OC(C)=O)C(C)C1C.CCOCC.Cc1cc(Br)ccc1O.ClCCl.FB(F)F. The van der Waals surface area contributed by atoms with Gasteiger partial charge in [0.15, 0.2) is 12.2 Å². The zero-order valence-electron chi connectivity index (χ0n) is 40.7. The first-order valence-electron chi connectivity index (χ1n) is 21.3. The van der Waals surface area contributed by atoms with E-state index in [2.05, 4.69) is 31.9 Å². The first-order chi connectivity index (χ1) is 31.7. The summed E-state index contributed by atoms with van der Waals surface area (Å²) in [7, 11) is -3.67. The highest BCUT2D eigenvalue weighted by atomic mass is 79.9. The Bertz CT molecular complexity index is 1800. The minimum atomic E-state index is -3.67. The summed E-state index contributed by atoms with van der Waals surface area (Å²) in [5.74, 6) is -1.37. The largest absolute Gasteiger partial charge is 0.762 e. The second-order valence-corrected chi connectivity index (χ2v) is 17.6. The molecule has 1 N–H and O–H groups in total. The van der Waals surface area contributed by atoms with E-state index in [1.54, 1.807) is 6.07 Å². The Labute approximate surface area is 425 Å². The summed E-state index contributed by atoms with van der Waals surface area (Å²) < 4.78 is 79.4. The van der Waals surface area contributed by atoms with Gasteiger partial charge in [0.25, 0.3) is 0 Å². The molecule has 23 heteroatoms. The van der Waals surface area contributed by atoms with Gasteiger partial charge >= 0.3 is 37.4 Å². The third kappa shape index (κ3) is 29.0.